The summed E-state index contributed by atoms with van der Waals surface area (Å²) in [6, 6.07) is 49.8. The van der Waals surface area contributed by atoms with Gasteiger partial charge in [-0.3, -0.25) is 0 Å². The number of aromatic nitrogens is 2. The molecule has 0 spiro atoms. The summed E-state index contributed by atoms with van der Waals surface area (Å²) in [5, 5.41) is 4.95. The first kappa shape index (κ1) is 22.7. The molecule has 0 saturated carbocycles. The van der Waals surface area contributed by atoms with Crippen molar-refractivity contribution in [3.05, 3.63) is 140 Å². The topological polar surface area (TPSA) is 19.1 Å². The van der Waals surface area contributed by atoms with Crippen molar-refractivity contribution in [2.45, 2.75) is 0 Å². The molecule has 0 saturated heterocycles. The van der Waals surface area contributed by atoms with Crippen molar-refractivity contribution in [3.8, 4) is 28.3 Å². The highest BCUT2D eigenvalue weighted by Crippen LogP contribution is 2.38. The number of ether oxygens (including phenoxy) is 1. The van der Waals surface area contributed by atoms with Crippen LogP contribution in [0, 0.1) is 0 Å². The van der Waals surface area contributed by atoms with Crippen LogP contribution < -0.4 is 4.74 Å². The number of hydrogen-bond acceptors (Lipinski definition) is 1. The third kappa shape index (κ3) is 3.38. The van der Waals surface area contributed by atoms with Crippen molar-refractivity contribution in [1.29, 1.82) is 0 Å². The lowest BCUT2D eigenvalue weighted by molar-refractivity contribution is 0.414. The summed E-state index contributed by atoms with van der Waals surface area (Å²) in [6.45, 7) is 0. The molecule has 6 aromatic carbocycles. The number of fused-ring (bicyclic) bond motifs is 6. The van der Waals surface area contributed by atoms with Crippen LogP contribution in [0.15, 0.2) is 140 Å². The van der Waals surface area contributed by atoms with Gasteiger partial charge in [0.15, 0.2) is 0 Å². The van der Waals surface area contributed by atoms with Crippen LogP contribution in [0.4, 0.5) is 0 Å². The average Bonchev–Trinajstić information content (AvgIpc) is 3.54. The Hall–Kier alpha value is -5.28. The van der Waals surface area contributed by atoms with E-state index in [0.717, 1.165) is 17.1 Å². The van der Waals surface area contributed by atoms with Crippen LogP contribution in [0.5, 0.6) is 5.75 Å². The Morgan fingerprint density at radius 1 is 0.400 bits per heavy atom. The van der Waals surface area contributed by atoms with Gasteiger partial charge in [0, 0.05) is 33.7 Å². The molecular weight excluding hydrogens is 488 g/mol. The maximum Gasteiger partial charge on any atom is 0.123 e. The third-order valence-corrected chi connectivity index (χ3v) is 7.99. The SMILES string of the molecule is COc1cc(-n2c3ccccc3c3ccccc32)cc(-n2c3ccccc3c3cc(-c4ccccc4)ccc32)c1. The van der Waals surface area contributed by atoms with Crippen molar-refractivity contribution in [3.63, 3.8) is 0 Å². The van der Waals surface area contributed by atoms with Gasteiger partial charge in [0.1, 0.15) is 5.75 Å². The van der Waals surface area contributed by atoms with E-state index in [1.165, 1.54) is 54.7 Å². The maximum absolute atomic E-state index is 5.89. The molecule has 190 valence electrons. The van der Waals surface area contributed by atoms with Crippen molar-refractivity contribution in [2.75, 3.05) is 7.11 Å². The predicted octanol–water partition coefficient (Wildman–Crippen LogP) is 9.56. The molecule has 0 aliphatic carbocycles. The molecule has 0 atom stereocenters. The Bertz CT molecular complexity index is 2150. The number of nitrogens with zero attached hydrogens (tertiary/aromatic N) is 2. The summed E-state index contributed by atoms with van der Waals surface area (Å²) in [5.41, 5.74) is 9.26. The first-order valence-corrected chi connectivity index (χ1v) is 13.6. The second kappa shape index (κ2) is 8.89. The minimum Gasteiger partial charge on any atom is -0.497 e. The molecule has 0 N–H and O–H groups in total. The highest BCUT2D eigenvalue weighted by atomic mass is 16.5. The van der Waals surface area contributed by atoms with Crippen molar-refractivity contribution in [2.24, 2.45) is 0 Å². The van der Waals surface area contributed by atoms with Crippen LogP contribution in [0.2, 0.25) is 0 Å². The van der Waals surface area contributed by atoms with E-state index >= 15 is 0 Å². The summed E-state index contributed by atoms with van der Waals surface area (Å²) >= 11 is 0. The molecule has 2 aromatic heterocycles. The molecule has 8 rings (SSSR count). The zero-order valence-corrected chi connectivity index (χ0v) is 22.1. The van der Waals surface area contributed by atoms with Gasteiger partial charge in [0.2, 0.25) is 0 Å². The van der Waals surface area contributed by atoms with Gasteiger partial charge in [-0.1, -0.05) is 91.0 Å². The van der Waals surface area contributed by atoms with Crippen LogP contribution in [0.1, 0.15) is 0 Å². The highest BCUT2D eigenvalue weighted by molar-refractivity contribution is 6.11. The lowest BCUT2D eigenvalue weighted by atomic mass is 10.0. The molecule has 8 aromatic rings. The normalized spacial score (nSPS) is 11.6. The van der Waals surface area contributed by atoms with Gasteiger partial charge in [-0.25, -0.2) is 0 Å². The zero-order valence-electron chi connectivity index (χ0n) is 22.1. The van der Waals surface area contributed by atoms with Crippen molar-refractivity contribution in [1.82, 2.24) is 9.13 Å². The summed E-state index contributed by atoms with van der Waals surface area (Å²) in [5.74, 6) is 0.821. The molecule has 0 bridgehead atoms. The Morgan fingerprint density at radius 2 is 0.875 bits per heavy atom. The van der Waals surface area contributed by atoms with Crippen molar-refractivity contribution >= 4 is 43.6 Å². The van der Waals surface area contributed by atoms with Crippen LogP contribution >= 0.6 is 0 Å². The van der Waals surface area contributed by atoms with Gasteiger partial charge in [-0.05, 0) is 47.5 Å². The molecule has 0 fully saturated rings. The Labute approximate surface area is 232 Å². The zero-order chi connectivity index (χ0) is 26.6. The molecular formula is C37H26N2O. The lowest BCUT2D eigenvalue weighted by Gasteiger charge is -2.15. The quantitative estimate of drug-likeness (QED) is 0.229. The van der Waals surface area contributed by atoms with E-state index < -0.39 is 0 Å². The van der Waals surface area contributed by atoms with Gasteiger partial charge in [0.05, 0.1) is 40.6 Å². The molecule has 3 heteroatoms. The van der Waals surface area contributed by atoms with E-state index in [2.05, 4.69) is 149 Å². The van der Waals surface area contributed by atoms with Gasteiger partial charge >= 0.3 is 0 Å². The molecule has 40 heavy (non-hydrogen) atoms. The van der Waals surface area contributed by atoms with Crippen LogP contribution in [-0.2, 0) is 0 Å². The highest BCUT2D eigenvalue weighted by Gasteiger charge is 2.17. The molecule has 0 aliphatic rings. The largest absolute Gasteiger partial charge is 0.497 e. The fraction of sp³-hybridized carbons (Fsp3) is 0.0270. The van der Waals surface area contributed by atoms with E-state index in [-0.39, 0.29) is 0 Å². The summed E-state index contributed by atoms with van der Waals surface area (Å²) in [6.07, 6.45) is 0. The van der Waals surface area contributed by atoms with E-state index in [4.69, 9.17) is 4.74 Å². The first-order chi connectivity index (χ1) is 19.8. The summed E-state index contributed by atoms with van der Waals surface area (Å²) < 4.78 is 10.6. The van der Waals surface area contributed by atoms with Gasteiger partial charge in [0.25, 0.3) is 0 Å². The third-order valence-electron chi connectivity index (χ3n) is 7.99. The molecule has 0 radical (unpaired) electrons. The predicted molar refractivity (Wildman–Crippen MR) is 167 cm³/mol. The minimum absolute atomic E-state index is 0.821. The van der Waals surface area contributed by atoms with E-state index in [1.807, 2.05) is 0 Å². The molecule has 0 amide bonds. The Kier molecular flexibility index (Phi) is 5.04. The minimum atomic E-state index is 0.821. The first-order valence-electron chi connectivity index (χ1n) is 13.6. The van der Waals surface area contributed by atoms with Crippen LogP contribution in [0.3, 0.4) is 0 Å². The van der Waals surface area contributed by atoms with Crippen LogP contribution in [-0.4, -0.2) is 16.2 Å². The van der Waals surface area contributed by atoms with Crippen LogP contribution in [0.25, 0.3) is 66.1 Å². The monoisotopic (exact) mass is 514 g/mol. The number of rotatable bonds is 4. The van der Waals surface area contributed by atoms with E-state index in [9.17, 15) is 0 Å². The Balaban J connectivity index is 1.42. The summed E-state index contributed by atoms with van der Waals surface area (Å²) in [4.78, 5) is 0. The second-order valence-corrected chi connectivity index (χ2v) is 10.2. The van der Waals surface area contributed by atoms with E-state index in [1.54, 1.807) is 7.11 Å². The molecule has 0 unspecified atom stereocenters. The standard InChI is InChI=1S/C37H26N2O/c1-40-29-23-27(38-34-16-8-5-13-30(34)31-14-6-9-17-35(31)38)22-28(24-29)39-36-18-10-7-15-32(36)33-21-26(19-20-37(33)39)25-11-3-2-4-12-25/h2-24H,1H3. The fourth-order valence-corrected chi connectivity index (χ4v) is 6.21. The second-order valence-electron chi connectivity index (χ2n) is 10.2. The number of methoxy groups -OCH3 is 1. The lowest BCUT2D eigenvalue weighted by Crippen LogP contribution is -2.00. The van der Waals surface area contributed by atoms with Gasteiger partial charge in [-0.2, -0.15) is 0 Å². The van der Waals surface area contributed by atoms with Gasteiger partial charge < -0.3 is 13.9 Å². The fourth-order valence-electron chi connectivity index (χ4n) is 6.21. The number of benzene rings is 6. The molecule has 2 heterocycles. The molecule has 0 aliphatic heterocycles. The average molecular weight is 515 g/mol. The molecule has 3 nitrogen and oxygen atoms in total. The number of para-hydroxylation sites is 3. The van der Waals surface area contributed by atoms with Gasteiger partial charge in [-0.15, -0.1) is 0 Å². The Morgan fingerprint density at radius 3 is 1.43 bits per heavy atom. The maximum atomic E-state index is 5.89. The van der Waals surface area contributed by atoms with E-state index in [0.29, 0.717) is 0 Å². The van der Waals surface area contributed by atoms with Crippen molar-refractivity contribution < 1.29 is 4.74 Å². The summed E-state index contributed by atoms with van der Waals surface area (Å²) in [7, 11) is 1.74. The smallest absolute Gasteiger partial charge is 0.123 e. The number of hydrogen-bond donors (Lipinski definition) is 0.